The van der Waals surface area contributed by atoms with Crippen LogP contribution < -0.4 is 9.64 Å². The number of amides is 1. The van der Waals surface area contributed by atoms with Gasteiger partial charge in [0.1, 0.15) is 10.8 Å². The molecule has 0 aliphatic carbocycles. The van der Waals surface area contributed by atoms with Crippen molar-refractivity contribution in [1.29, 1.82) is 0 Å². The second-order valence-corrected chi connectivity index (χ2v) is 22.5. The van der Waals surface area contributed by atoms with Gasteiger partial charge in [-0.15, -0.1) is 23.5 Å². The van der Waals surface area contributed by atoms with E-state index < -0.39 is 20.5 Å². The van der Waals surface area contributed by atoms with Crippen molar-refractivity contribution in [2.24, 2.45) is 5.92 Å². The maximum Gasteiger partial charge on any atom is 0.229 e. The lowest BCUT2D eigenvalue weighted by molar-refractivity contribution is -0.119. The van der Waals surface area contributed by atoms with E-state index in [4.69, 9.17) is 25.5 Å². The predicted molar refractivity (Wildman–Crippen MR) is 201 cm³/mol. The molecular weight excluding hydrogens is 654 g/mol. The van der Waals surface area contributed by atoms with Gasteiger partial charge in [-0.2, -0.15) is 0 Å². The zero-order chi connectivity index (χ0) is 34.4. The first-order valence-corrected chi connectivity index (χ1v) is 21.5. The van der Waals surface area contributed by atoms with Crippen LogP contribution in [0.4, 0.5) is 5.69 Å². The van der Waals surface area contributed by atoms with Gasteiger partial charge >= 0.3 is 0 Å². The quantitative estimate of drug-likeness (QED) is 0.247. The van der Waals surface area contributed by atoms with Gasteiger partial charge in [0.25, 0.3) is 0 Å². The number of aliphatic hydroxyl groups is 1. The molecular formula is C36H56ClNO5S2Si. The van der Waals surface area contributed by atoms with Crippen LogP contribution >= 0.6 is 35.1 Å². The average molecular weight is 711 g/mol. The van der Waals surface area contributed by atoms with Crippen LogP contribution in [0.5, 0.6) is 5.75 Å². The van der Waals surface area contributed by atoms with Crippen LogP contribution in [-0.2, 0) is 20.4 Å². The van der Waals surface area contributed by atoms with Crippen molar-refractivity contribution in [3.05, 3.63) is 58.2 Å². The van der Waals surface area contributed by atoms with Gasteiger partial charge < -0.3 is 23.9 Å². The number of hydrogen-bond acceptors (Lipinski definition) is 7. The number of ether oxygens (including phenoxy) is 2. The lowest BCUT2D eigenvalue weighted by atomic mass is 9.94. The molecule has 1 N–H and O–H groups in total. The molecule has 1 fully saturated rings. The monoisotopic (exact) mass is 709 g/mol. The molecule has 1 aromatic rings. The lowest BCUT2D eigenvalue weighted by Gasteiger charge is -2.42. The van der Waals surface area contributed by atoms with Crippen molar-refractivity contribution in [3.8, 4) is 5.75 Å². The maximum atomic E-state index is 14.0. The van der Waals surface area contributed by atoms with Gasteiger partial charge in [0.05, 0.1) is 41.6 Å². The van der Waals surface area contributed by atoms with E-state index in [0.29, 0.717) is 29.3 Å². The van der Waals surface area contributed by atoms with Crippen molar-refractivity contribution in [3.63, 3.8) is 0 Å². The molecule has 1 aromatic carbocycles. The van der Waals surface area contributed by atoms with Crippen LogP contribution in [0.15, 0.2) is 47.6 Å². The molecule has 1 amide bonds. The highest BCUT2D eigenvalue weighted by molar-refractivity contribution is 8.18. The van der Waals surface area contributed by atoms with E-state index in [-0.39, 0.29) is 33.5 Å². The summed E-state index contributed by atoms with van der Waals surface area (Å²) < 4.78 is 18.4. The summed E-state index contributed by atoms with van der Waals surface area (Å²) in [6, 6.07) is 3.92. The molecule has 0 saturated carbocycles. The molecule has 1 spiro atoms. The van der Waals surface area contributed by atoms with E-state index >= 15 is 0 Å². The minimum absolute atomic E-state index is 0.0429. The number of carbonyl (C=O) groups is 1. The van der Waals surface area contributed by atoms with Crippen molar-refractivity contribution in [2.75, 3.05) is 37.7 Å². The Morgan fingerprint density at radius 2 is 1.78 bits per heavy atom. The van der Waals surface area contributed by atoms with Crippen molar-refractivity contribution in [2.45, 2.75) is 108 Å². The van der Waals surface area contributed by atoms with Gasteiger partial charge in [0, 0.05) is 26.5 Å². The minimum atomic E-state index is -2.26. The van der Waals surface area contributed by atoms with Crippen LogP contribution in [0, 0.1) is 5.92 Å². The Balaban J connectivity index is 2.17. The fourth-order valence-electron chi connectivity index (χ4n) is 5.60. The average Bonchev–Trinajstić information content (AvgIpc) is 2.98. The van der Waals surface area contributed by atoms with Gasteiger partial charge in [-0.1, -0.05) is 69.2 Å². The van der Waals surface area contributed by atoms with Crippen LogP contribution in [0.2, 0.25) is 23.2 Å². The first-order valence-electron chi connectivity index (χ1n) is 16.3. The zero-order valence-corrected chi connectivity index (χ0v) is 33.1. The second kappa shape index (κ2) is 16.5. The molecule has 6 nitrogen and oxygen atoms in total. The second-order valence-electron chi connectivity index (χ2n) is 14.3. The van der Waals surface area contributed by atoms with E-state index in [1.54, 1.807) is 26.2 Å². The van der Waals surface area contributed by atoms with E-state index in [0.717, 1.165) is 34.6 Å². The predicted octanol–water partition coefficient (Wildman–Crippen LogP) is 9.07. The molecule has 2 heterocycles. The number of aliphatic hydroxyl groups excluding tert-OH is 1. The van der Waals surface area contributed by atoms with Crippen LogP contribution in [0.1, 0.15) is 66.4 Å². The number of methoxy groups -OCH3 is 2. The van der Waals surface area contributed by atoms with E-state index in [1.807, 2.05) is 42.6 Å². The third kappa shape index (κ3) is 9.70. The SMILES string of the molecule is COc1cc2cc(c1Cl)N(C)C(=O)C[C@H](O[Si](C)(C)C(C)(C)C)/C(C)=C/[C@H](C)[C@@H](O)CC1(SCCCS1)[C@H](OC)/C=C/C=C(\C)C2. The number of halogens is 1. The summed E-state index contributed by atoms with van der Waals surface area (Å²) in [5, 5.41) is 12.1. The molecule has 4 atom stereocenters. The molecule has 0 aromatic heterocycles. The summed E-state index contributed by atoms with van der Waals surface area (Å²) in [6.45, 7) is 17.2. The third-order valence-corrected chi connectivity index (χ3v) is 17.9. The molecule has 2 aliphatic rings. The highest BCUT2D eigenvalue weighted by atomic mass is 35.5. The highest BCUT2D eigenvalue weighted by Gasteiger charge is 2.44. The first kappa shape index (κ1) is 39.2. The first-order chi connectivity index (χ1) is 21.4. The molecule has 258 valence electrons. The van der Waals surface area contributed by atoms with E-state index in [1.165, 1.54) is 0 Å². The maximum absolute atomic E-state index is 14.0. The smallest absolute Gasteiger partial charge is 0.229 e. The van der Waals surface area contributed by atoms with Crippen molar-refractivity contribution in [1.82, 2.24) is 0 Å². The Kier molecular flexibility index (Phi) is 14.0. The standard InChI is InChI=1S/C36H56ClNO5S2Si/c1-24-14-12-15-32(42-9)36(44-16-13-17-45-36)23-29(39)25(2)19-26(3)30(43-46(10,11)35(4,5)6)22-33(40)38(7)28-20-27(18-24)21-31(41-8)34(28)37/h12,14-15,19-21,25,29-30,32,39H,13,16-18,22-23H2,1-11H3/b15-12+,24-14+,26-19+/t25-,29-,30-,32+/m0/s1. The molecule has 0 unspecified atom stereocenters. The van der Waals surface area contributed by atoms with Gasteiger partial charge in [0.15, 0.2) is 8.32 Å². The molecule has 1 saturated heterocycles. The fraction of sp³-hybridized carbons (Fsp3) is 0.639. The van der Waals surface area contributed by atoms with Crippen LogP contribution in [0.3, 0.4) is 0 Å². The normalized spacial score (nSPS) is 28.7. The number of hydrogen-bond donors (Lipinski definition) is 1. The summed E-state index contributed by atoms with van der Waals surface area (Å²) in [4.78, 5) is 15.7. The van der Waals surface area contributed by atoms with Gasteiger partial charge in [-0.25, -0.2) is 0 Å². The number of benzene rings is 1. The minimum Gasteiger partial charge on any atom is -0.495 e. The van der Waals surface area contributed by atoms with Crippen LogP contribution in [0.25, 0.3) is 0 Å². The number of anilines is 1. The molecule has 0 radical (unpaired) electrons. The number of thioether (sulfide) groups is 2. The summed E-state index contributed by atoms with van der Waals surface area (Å²) in [6.07, 6.45) is 9.74. The molecule has 3 rings (SSSR count). The van der Waals surface area contributed by atoms with Gasteiger partial charge in [-0.05, 0) is 79.6 Å². The Morgan fingerprint density at radius 3 is 2.37 bits per heavy atom. The Bertz CT molecular complexity index is 1300. The van der Waals surface area contributed by atoms with Gasteiger partial charge in [-0.3, -0.25) is 4.79 Å². The Labute approximate surface area is 292 Å². The number of fused-ring (bicyclic) bond motifs is 2. The summed E-state index contributed by atoms with van der Waals surface area (Å²) in [7, 11) is 2.85. The highest BCUT2D eigenvalue weighted by Crippen LogP contribution is 2.50. The van der Waals surface area contributed by atoms with Gasteiger partial charge in [0.2, 0.25) is 5.91 Å². The van der Waals surface area contributed by atoms with Crippen LogP contribution in [-0.4, -0.2) is 74.5 Å². The molecule has 46 heavy (non-hydrogen) atoms. The number of nitrogens with zero attached hydrogens (tertiary/aromatic N) is 1. The van der Waals surface area contributed by atoms with E-state index in [9.17, 15) is 9.90 Å². The zero-order valence-electron chi connectivity index (χ0n) is 29.7. The third-order valence-electron chi connectivity index (χ3n) is 9.59. The molecule has 2 aliphatic heterocycles. The number of carbonyl (C=O) groups excluding carboxylic acids is 1. The van der Waals surface area contributed by atoms with Crippen molar-refractivity contribution < 1.29 is 23.8 Å². The summed E-state index contributed by atoms with van der Waals surface area (Å²) in [5.41, 5.74) is 3.69. The summed E-state index contributed by atoms with van der Waals surface area (Å²) in [5.74, 6) is 2.34. The Hall–Kier alpha value is -1.20. The fourth-order valence-corrected chi connectivity index (χ4v) is 10.8. The summed E-state index contributed by atoms with van der Waals surface area (Å²) >= 11 is 10.6. The van der Waals surface area contributed by atoms with E-state index in [2.05, 4.69) is 72.0 Å². The van der Waals surface area contributed by atoms with Crippen molar-refractivity contribution >= 4 is 55.0 Å². The topological polar surface area (TPSA) is 68.2 Å². The molecule has 2 bridgehead atoms. The number of allylic oxidation sites excluding steroid dienone is 3. The largest absolute Gasteiger partial charge is 0.495 e. The number of rotatable bonds is 4. The lowest BCUT2D eigenvalue weighted by Crippen LogP contribution is -2.45. The molecule has 10 heteroatoms. The Morgan fingerprint density at radius 1 is 1.13 bits per heavy atom.